The first-order valence-corrected chi connectivity index (χ1v) is 7.57. The summed E-state index contributed by atoms with van der Waals surface area (Å²) in [5, 5.41) is 3.56. The van der Waals surface area contributed by atoms with Crippen LogP contribution >= 0.6 is 15.9 Å². The van der Waals surface area contributed by atoms with Gasteiger partial charge in [-0.2, -0.15) is 0 Å². The molecule has 0 fully saturated rings. The van der Waals surface area contributed by atoms with Gasteiger partial charge in [0.25, 0.3) is 0 Å². The summed E-state index contributed by atoms with van der Waals surface area (Å²) in [7, 11) is 0. The zero-order valence-electron chi connectivity index (χ0n) is 10.9. The molecule has 0 radical (unpaired) electrons. The van der Waals surface area contributed by atoms with Crippen LogP contribution in [0.15, 0.2) is 46.9 Å². The molecule has 2 heterocycles. The van der Waals surface area contributed by atoms with Gasteiger partial charge >= 0.3 is 0 Å². The Bertz CT molecular complexity index is 778. The van der Waals surface area contributed by atoms with Gasteiger partial charge in [-0.15, -0.1) is 0 Å². The van der Waals surface area contributed by atoms with Crippen molar-refractivity contribution in [3.63, 3.8) is 0 Å². The van der Waals surface area contributed by atoms with Crippen molar-refractivity contribution in [3.8, 4) is 0 Å². The number of hydrogen-bond acceptors (Lipinski definition) is 2. The van der Waals surface area contributed by atoms with Crippen LogP contribution in [-0.2, 0) is 6.42 Å². The second-order valence-corrected chi connectivity index (χ2v) is 6.04. The van der Waals surface area contributed by atoms with Gasteiger partial charge in [0, 0.05) is 11.0 Å². The van der Waals surface area contributed by atoms with Crippen LogP contribution < -0.4 is 5.32 Å². The Kier molecular flexibility index (Phi) is 2.86. The first kappa shape index (κ1) is 12.1. The molecule has 3 nitrogen and oxygen atoms in total. The van der Waals surface area contributed by atoms with Crippen molar-refractivity contribution in [1.82, 2.24) is 15.3 Å². The Morgan fingerprint density at radius 2 is 2.05 bits per heavy atom. The molecule has 100 valence electrons. The maximum absolute atomic E-state index is 4.74. The van der Waals surface area contributed by atoms with Gasteiger partial charge in [0.15, 0.2) is 0 Å². The first-order chi connectivity index (χ1) is 9.81. The first-order valence-electron chi connectivity index (χ1n) is 6.77. The summed E-state index contributed by atoms with van der Waals surface area (Å²) in [5.41, 5.74) is 4.82. The third-order valence-corrected chi connectivity index (χ3v) is 4.34. The molecule has 1 unspecified atom stereocenters. The van der Waals surface area contributed by atoms with E-state index in [-0.39, 0.29) is 6.04 Å². The molecule has 20 heavy (non-hydrogen) atoms. The lowest BCUT2D eigenvalue weighted by Gasteiger charge is -2.25. The molecule has 0 bridgehead atoms. The Balaban J connectivity index is 1.84. The normalized spacial score (nSPS) is 18.1. The molecular formula is C16H14BrN3. The molecule has 4 rings (SSSR count). The molecule has 0 amide bonds. The Morgan fingerprint density at radius 3 is 3.00 bits per heavy atom. The predicted molar refractivity (Wildman–Crippen MR) is 83.8 cm³/mol. The molecule has 0 spiro atoms. The van der Waals surface area contributed by atoms with Crippen LogP contribution in [0.5, 0.6) is 0 Å². The van der Waals surface area contributed by atoms with Crippen LogP contribution in [0.2, 0.25) is 0 Å². The zero-order valence-corrected chi connectivity index (χ0v) is 12.4. The fourth-order valence-corrected chi connectivity index (χ4v) is 3.25. The topological polar surface area (TPSA) is 40.7 Å². The largest absolute Gasteiger partial charge is 0.340 e. The highest BCUT2D eigenvalue weighted by Crippen LogP contribution is 2.28. The molecule has 1 aliphatic rings. The van der Waals surface area contributed by atoms with E-state index >= 15 is 0 Å². The van der Waals surface area contributed by atoms with Gasteiger partial charge in [-0.1, -0.05) is 40.2 Å². The molecule has 0 aliphatic carbocycles. The third kappa shape index (κ3) is 1.96. The highest BCUT2D eigenvalue weighted by molar-refractivity contribution is 9.10. The van der Waals surface area contributed by atoms with Crippen LogP contribution in [0.1, 0.15) is 23.0 Å². The van der Waals surface area contributed by atoms with Crippen molar-refractivity contribution < 1.29 is 0 Å². The van der Waals surface area contributed by atoms with Gasteiger partial charge in [0.05, 0.1) is 17.1 Å². The van der Waals surface area contributed by atoms with Gasteiger partial charge in [0.2, 0.25) is 0 Å². The van der Waals surface area contributed by atoms with Crippen molar-refractivity contribution in [2.24, 2.45) is 0 Å². The summed E-state index contributed by atoms with van der Waals surface area (Å²) < 4.78 is 1.07. The van der Waals surface area contributed by atoms with Crippen molar-refractivity contribution in [1.29, 1.82) is 0 Å². The highest BCUT2D eigenvalue weighted by atomic mass is 79.9. The Hall–Kier alpha value is -1.65. The number of imidazole rings is 1. The lowest BCUT2D eigenvalue weighted by Crippen LogP contribution is -2.31. The summed E-state index contributed by atoms with van der Waals surface area (Å²) >= 11 is 3.50. The van der Waals surface area contributed by atoms with E-state index in [1.54, 1.807) is 0 Å². The summed E-state index contributed by atoms with van der Waals surface area (Å²) in [6, 6.07) is 14.9. The van der Waals surface area contributed by atoms with E-state index in [4.69, 9.17) is 4.98 Å². The van der Waals surface area contributed by atoms with Gasteiger partial charge in [-0.05, 0) is 35.7 Å². The lowest BCUT2D eigenvalue weighted by atomic mass is 9.94. The third-order valence-electron chi connectivity index (χ3n) is 3.84. The number of nitrogens with one attached hydrogen (secondary N) is 2. The molecule has 0 saturated heterocycles. The van der Waals surface area contributed by atoms with E-state index < -0.39 is 0 Å². The Morgan fingerprint density at radius 1 is 1.15 bits per heavy atom. The maximum Gasteiger partial charge on any atom is 0.129 e. The minimum absolute atomic E-state index is 0.158. The minimum Gasteiger partial charge on any atom is -0.340 e. The summed E-state index contributed by atoms with van der Waals surface area (Å²) in [6.45, 7) is 0.989. The fraction of sp³-hybridized carbons (Fsp3) is 0.188. The minimum atomic E-state index is 0.158. The predicted octanol–water partition coefficient (Wildman–Crippen LogP) is 3.56. The number of aromatic nitrogens is 2. The quantitative estimate of drug-likeness (QED) is 0.717. The fourth-order valence-electron chi connectivity index (χ4n) is 2.89. The zero-order chi connectivity index (χ0) is 13.5. The molecule has 2 N–H and O–H groups in total. The van der Waals surface area contributed by atoms with E-state index in [1.807, 2.05) is 12.1 Å². The van der Waals surface area contributed by atoms with E-state index in [9.17, 15) is 0 Å². The smallest absolute Gasteiger partial charge is 0.129 e. The molecule has 1 aromatic heterocycles. The summed E-state index contributed by atoms with van der Waals surface area (Å²) in [6.07, 6.45) is 1.08. The highest BCUT2D eigenvalue weighted by Gasteiger charge is 2.23. The second kappa shape index (κ2) is 4.72. The van der Waals surface area contributed by atoms with Gasteiger partial charge in [-0.3, -0.25) is 0 Å². The van der Waals surface area contributed by atoms with E-state index in [0.29, 0.717) is 0 Å². The number of fused-ring (bicyclic) bond motifs is 2. The molecule has 1 atom stereocenters. The molecule has 4 heteroatoms. The lowest BCUT2D eigenvalue weighted by molar-refractivity contribution is 0.549. The molecule has 3 aromatic rings. The van der Waals surface area contributed by atoms with Gasteiger partial charge < -0.3 is 10.3 Å². The maximum atomic E-state index is 4.74. The molecule has 1 aliphatic heterocycles. The SMILES string of the molecule is Brc1ccc2nc(C3NCCc4ccccc43)[nH]c2c1. The van der Waals surface area contributed by atoms with Crippen LogP contribution in [-0.4, -0.2) is 16.5 Å². The molecule has 0 saturated carbocycles. The number of H-pyrrole nitrogens is 1. The van der Waals surface area contributed by atoms with Crippen LogP contribution in [0.25, 0.3) is 11.0 Å². The monoisotopic (exact) mass is 327 g/mol. The van der Waals surface area contributed by atoms with Crippen molar-refractivity contribution in [3.05, 3.63) is 63.9 Å². The Labute approximate surface area is 125 Å². The van der Waals surface area contributed by atoms with E-state index in [2.05, 4.69) is 56.6 Å². The average Bonchev–Trinajstić information content (AvgIpc) is 2.89. The second-order valence-electron chi connectivity index (χ2n) is 5.12. The number of hydrogen-bond donors (Lipinski definition) is 2. The number of nitrogens with zero attached hydrogens (tertiary/aromatic N) is 1. The summed E-state index contributed by atoms with van der Waals surface area (Å²) in [5.74, 6) is 0.991. The van der Waals surface area contributed by atoms with Gasteiger partial charge in [0.1, 0.15) is 5.82 Å². The number of rotatable bonds is 1. The average molecular weight is 328 g/mol. The van der Waals surface area contributed by atoms with Crippen molar-refractivity contribution in [2.45, 2.75) is 12.5 Å². The summed E-state index contributed by atoms with van der Waals surface area (Å²) in [4.78, 5) is 8.18. The standard InChI is InChI=1S/C16H14BrN3/c17-11-5-6-13-14(9-11)20-16(19-13)15-12-4-2-1-3-10(12)7-8-18-15/h1-6,9,15,18H,7-8H2,(H,19,20). The van der Waals surface area contributed by atoms with E-state index in [0.717, 1.165) is 34.3 Å². The van der Waals surface area contributed by atoms with Crippen LogP contribution in [0, 0.1) is 0 Å². The van der Waals surface area contributed by atoms with Crippen molar-refractivity contribution >= 4 is 27.0 Å². The molecule has 2 aromatic carbocycles. The number of aromatic amines is 1. The number of benzene rings is 2. The van der Waals surface area contributed by atoms with Crippen LogP contribution in [0.3, 0.4) is 0 Å². The van der Waals surface area contributed by atoms with Crippen LogP contribution in [0.4, 0.5) is 0 Å². The van der Waals surface area contributed by atoms with Gasteiger partial charge in [-0.25, -0.2) is 4.98 Å². The number of halogens is 1. The van der Waals surface area contributed by atoms with E-state index in [1.165, 1.54) is 11.1 Å². The molecular weight excluding hydrogens is 314 g/mol. The van der Waals surface area contributed by atoms with Crippen molar-refractivity contribution in [2.75, 3.05) is 6.54 Å².